The first-order valence-electron chi connectivity index (χ1n) is 8.30. The van der Waals surface area contributed by atoms with E-state index in [4.69, 9.17) is 0 Å². The normalized spacial score (nSPS) is 12.0. The maximum Gasteiger partial charge on any atom is 0.269 e. The number of hydrogen-bond donors (Lipinski definition) is 0. The van der Waals surface area contributed by atoms with Crippen LogP contribution >= 0.6 is 0 Å². The Balaban J connectivity index is 1.98. The summed E-state index contributed by atoms with van der Waals surface area (Å²) >= 11 is 0. The molecule has 0 aliphatic carbocycles. The average molecular weight is 349 g/mol. The Kier molecular flexibility index (Phi) is 4.67. The van der Waals surface area contributed by atoms with Crippen molar-refractivity contribution in [1.82, 2.24) is 9.78 Å². The summed E-state index contributed by atoms with van der Waals surface area (Å²) in [4.78, 5) is 23.4. The van der Waals surface area contributed by atoms with Gasteiger partial charge in [-0.1, -0.05) is 37.3 Å². The Hall–Kier alpha value is -3.28. The fraction of sp³-hybridized carbons (Fsp3) is 0.200. The van der Waals surface area contributed by atoms with Gasteiger partial charge in [0.15, 0.2) is 5.78 Å². The number of carbonyl (C=O) groups excluding carboxylic acids is 1. The minimum Gasteiger partial charge on any atom is -0.293 e. The maximum absolute atomic E-state index is 13.0. The summed E-state index contributed by atoms with van der Waals surface area (Å²) in [7, 11) is 0. The molecule has 6 heteroatoms. The predicted molar refractivity (Wildman–Crippen MR) is 98.9 cm³/mol. The van der Waals surface area contributed by atoms with Gasteiger partial charge in [0.2, 0.25) is 0 Å². The van der Waals surface area contributed by atoms with E-state index >= 15 is 0 Å². The number of nitro benzene ring substituents is 1. The monoisotopic (exact) mass is 349 g/mol. The highest BCUT2D eigenvalue weighted by atomic mass is 16.6. The number of non-ortho nitro benzene ring substituents is 1. The first-order chi connectivity index (χ1) is 12.4. The molecule has 2 aromatic carbocycles. The van der Waals surface area contributed by atoms with E-state index in [1.165, 1.54) is 12.1 Å². The van der Waals surface area contributed by atoms with Gasteiger partial charge in [-0.2, -0.15) is 5.10 Å². The molecule has 0 radical (unpaired) electrons. The van der Waals surface area contributed by atoms with E-state index in [1.54, 1.807) is 23.7 Å². The smallest absolute Gasteiger partial charge is 0.269 e. The Bertz CT molecular complexity index is 960. The second-order valence-electron chi connectivity index (χ2n) is 6.23. The fourth-order valence-corrected chi connectivity index (χ4v) is 3.08. The lowest BCUT2D eigenvalue weighted by molar-refractivity contribution is -0.384. The van der Waals surface area contributed by atoms with E-state index in [-0.39, 0.29) is 17.4 Å². The van der Waals surface area contributed by atoms with Crippen LogP contribution in [0.15, 0.2) is 54.6 Å². The van der Waals surface area contributed by atoms with Crippen molar-refractivity contribution in [3.05, 3.63) is 87.2 Å². The van der Waals surface area contributed by atoms with E-state index in [0.29, 0.717) is 16.9 Å². The quantitative estimate of drug-likeness (QED) is 0.389. The van der Waals surface area contributed by atoms with Crippen LogP contribution in [0.25, 0.3) is 5.69 Å². The molecule has 0 amide bonds. The average Bonchev–Trinajstić information content (AvgIpc) is 2.95. The van der Waals surface area contributed by atoms with Gasteiger partial charge in [-0.3, -0.25) is 14.9 Å². The summed E-state index contributed by atoms with van der Waals surface area (Å²) in [5, 5.41) is 15.3. The van der Waals surface area contributed by atoms with Gasteiger partial charge in [-0.15, -0.1) is 0 Å². The first kappa shape index (κ1) is 17.5. The van der Waals surface area contributed by atoms with Crippen molar-refractivity contribution in [2.24, 2.45) is 0 Å². The third kappa shape index (κ3) is 3.13. The molecule has 0 bridgehead atoms. The van der Waals surface area contributed by atoms with Crippen LogP contribution in [0, 0.1) is 24.0 Å². The molecule has 0 N–H and O–H groups in total. The molecule has 132 valence electrons. The molecule has 1 aromatic heterocycles. The van der Waals surface area contributed by atoms with Gasteiger partial charge in [0.05, 0.1) is 27.6 Å². The topological polar surface area (TPSA) is 78.0 Å². The molecule has 0 aliphatic rings. The van der Waals surface area contributed by atoms with Gasteiger partial charge in [0.25, 0.3) is 5.69 Å². The predicted octanol–water partition coefficient (Wildman–Crippen LogP) is 4.38. The van der Waals surface area contributed by atoms with E-state index in [2.05, 4.69) is 5.10 Å². The number of Topliss-reactive ketones (excluding diaryl/α,β-unsaturated/α-hetero) is 1. The molecule has 1 atom stereocenters. The first-order valence-corrected chi connectivity index (χ1v) is 8.30. The zero-order valence-corrected chi connectivity index (χ0v) is 14.8. The largest absolute Gasteiger partial charge is 0.293 e. The van der Waals surface area contributed by atoms with Crippen molar-refractivity contribution in [1.29, 1.82) is 0 Å². The lowest BCUT2D eigenvalue weighted by atomic mass is 9.91. The number of nitro groups is 1. The third-order valence-corrected chi connectivity index (χ3v) is 4.54. The molecule has 1 heterocycles. The summed E-state index contributed by atoms with van der Waals surface area (Å²) in [6.07, 6.45) is 0. The van der Waals surface area contributed by atoms with Crippen LogP contribution < -0.4 is 0 Å². The number of aromatic nitrogens is 2. The highest BCUT2D eigenvalue weighted by Gasteiger charge is 2.24. The van der Waals surface area contributed by atoms with E-state index in [1.807, 2.05) is 44.2 Å². The molecular formula is C20H19N3O3. The van der Waals surface area contributed by atoms with Crippen molar-refractivity contribution in [2.75, 3.05) is 0 Å². The van der Waals surface area contributed by atoms with E-state index < -0.39 is 4.92 Å². The second-order valence-corrected chi connectivity index (χ2v) is 6.23. The molecule has 0 fully saturated rings. The molecule has 3 aromatic rings. The van der Waals surface area contributed by atoms with Crippen molar-refractivity contribution >= 4 is 11.5 Å². The molecular weight excluding hydrogens is 330 g/mol. The van der Waals surface area contributed by atoms with Crippen LogP contribution in [0.5, 0.6) is 0 Å². The zero-order valence-electron chi connectivity index (χ0n) is 14.8. The highest BCUT2D eigenvalue weighted by Crippen LogP contribution is 2.26. The van der Waals surface area contributed by atoms with Gasteiger partial charge in [0, 0.05) is 18.1 Å². The molecule has 0 spiro atoms. The van der Waals surface area contributed by atoms with Gasteiger partial charge in [-0.25, -0.2) is 4.68 Å². The Morgan fingerprint density at radius 1 is 1.08 bits per heavy atom. The molecule has 0 saturated carbocycles. The molecule has 26 heavy (non-hydrogen) atoms. The van der Waals surface area contributed by atoms with Crippen LogP contribution in [0.3, 0.4) is 0 Å². The lowest BCUT2D eigenvalue weighted by Crippen LogP contribution is -2.12. The summed E-state index contributed by atoms with van der Waals surface area (Å²) in [5.41, 5.74) is 3.63. The van der Waals surface area contributed by atoms with Crippen molar-refractivity contribution in [3.8, 4) is 5.69 Å². The fourth-order valence-electron chi connectivity index (χ4n) is 3.08. The summed E-state index contributed by atoms with van der Waals surface area (Å²) in [6, 6.07) is 15.8. The zero-order chi connectivity index (χ0) is 18.8. The van der Waals surface area contributed by atoms with Crippen molar-refractivity contribution in [2.45, 2.75) is 26.7 Å². The number of hydrogen-bond acceptors (Lipinski definition) is 4. The maximum atomic E-state index is 13.0. The molecule has 0 saturated heterocycles. The molecule has 3 rings (SSSR count). The van der Waals surface area contributed by atoms with Crippen LogP contribution in [0.2, 0.25) is 0 Å². The molecule has 0 aliphatic heterocycles. The van der Waals surface area contributed by atoms with Gasteiger partial charge in [-0.05, 0) is 31.5 Å². The number of aryl methyl sites for hydroxylation is 1. The Labute approximate surface area is 151 Å². The number of ketones is 1. The van der Waals surface area contributed by atoms with Crippen LogP contribution in [-0.2, 0) is 0 Å². The highest BCUT2D eigenvalue weighted by molar-refractivity contribution is 6.02. The SMILES string of the molecule is Cc1nn(-c2ccc([N+](=O)[O-])cc2)c(C)c1C(=O)C(C)c1ccccc1. The molecule has 1 unspecified atom stereocenters. The number of benzene rings is 2. The number of carbonyl (C=O) groups is 1. The van der Waals surface area contributed by atoms with Gasteiger partial charge < -0.3 is 0 Å². The Morgan fingerprint density at radius 2 is 1.69 bits per heavy atom. The molecule has 6 nitrogen and oxygen atoms in total. The van der Waals surface area contributed by atoms with Crippen LogP contribution in [0.1, 0.15) is 40.2 Å². The lowest BCUT2D eigenvalue weighted by Gasteiger charge is -2.11. The third-order valence-electron chi connectivity index (χ3n) is 4.54. The van der Waals surface area contributed by atoms with E-state index in [0.717, 1.165) is 11.3 Å². The summed E-state index contributed by atoms with van der Waals surface area (Å²) in [6.45, 7) is 5.53. The summed E-state index contributed by atoms with van der Waals surface area (Å²) in [5.74, 6) is -0.262. The number of rotatable bonds is 5. The Morgan fingerprint density at radius 3 is 2.27 bits per heavy atom. The number of nitrogens with zero attached hydrogens (tertiary/aromatic N) is 3. The van der Waals surface area contributed by atoms with Crippen molar-refractivity contribution in [3.63, 3.8) is 0 Å². The van der Waals surface area contributed by atoms with E-state index in [9.17, 15) is 14.9 Å². The van der Waals surface area contributed by atoms with Crippen LogP contribution in [-0.4, -0.2) is 20.5 Å². The van der Waals surface area contributed by atoms with Gasteiger partial charge in [0.1, 0.15) is 0 Å². The minimum atomic E-state index is -0.443. The van der Waals surface area contributed by atoms with Gasteiger partial charge >= 0.3 is 0 Å². The minimum absolute atomic E-state index is 0.0133. The van der Waals surface area contributed by atoms with Crippen molar-refractivity contribution < 1.29 is 9.72 Å². The summed E-state index contributed by atoms with van der Waals surface area (Å²) < 4.78 is 1.66. The van der Waals surface area contributed by atoms with Crippen LogP contribution in [0.4, 0.5) is 5.69 Å². The second kappa shape index (κ2) is 6.92. The standard InChI is InChI=1S/C20H19N3O3/c1-13(16-7-5-4-6-8-16)20(24)19-14(2)21-22(15(19)3)17-9-11-18(12-10-17)23(25)26/h4-13H,1-3H3.